The minimum atomic E-state index is 0. The number of imidazole rings is 1. The van der Waals surface area contributed by atoms with E-state index in [1.807, 2.05) is 0 Å². The predicted molar refractivity (Wildman–Crippen MR) is 36.2 cm³/mol. The lowest BCUT2D eigenvalue weighted by Crippen LogP contribution is -1.68. The van der Waals surface area contributed by atoms with Gasteiger partial charge in [-0.25, -0.2) is 9.97 Å². The number of nitrogens with one attached hydrogen (secondary N) is 1. The smallest absolute Gasteiger partial charge is 0.181 e. The Labute approximate surface area is 58.4 Å². The molecule has 0 fully saturated rings. The van der Waals surface area contributed by atoms with Crippen molar-refractivity contribution in [3.8, 4) is 11.5 Å². The maximum atomic E-state index is 5.00. The first-order valence-corrected chi connectivity index (χ1v) is 2.84. The zero-order valence-electron chi connectivity index (χ0n) is 5.11. The van der Waals surface area contributed by atoms with Gasteiger partial charge in [0.2, 0.25) is 0 Å². The van der Waals surface area contributed by atoms with Crippen LogP contribution in [0.5, 0.6) is 0 Å². The molecule has 2 aromatic rings. The van der Waals surface area contributed by atoms with Crippen molar-refractivity contribution >= 4 is 0 Å². The average molecular weight is 137 g/mol. The fourth-order valence-electron chi connectivity index (χ4n) is 0.739. The minimum Gasteiger partial charge on any atom is -0.442 e. The fraction of sp³-hybridized carbons (Fsp3) is 0. The molecule has 0 aliphatic carbocycles. The van der Waals surface area contributed by atoms with E-state index in [1.165, 1.54) is 6.39 Å². The lowest BCUT2D eigenvalue weighted by Gasteiger charge is -1.83. The van der Waals surface area contributed by atoms with Crippen molar-refractivity contribution in [2.45, 2.75) is 0 Å². The van der Waals surface area contributed by atoms with Crippen molar-refractivity contribution in [2.24, 2.45) is 0 Å². The number of hydrogen-bond donors (Lipinski definition) is 1. The lowest BCUT2D eigenvalue weighted by atomic mass is 10.4. The first kappa shape index (κ1) is 5.22. The van der Waals surface area contributed by atoms with Gasteiger partial charge in [0.15, 0.2) is 12.2 Å². The summed E-state index contributed by atoms with van der Waals surface area (Å²) >= 11 is 0. The molecule has 0 aliphatic heterocycles. The van der Waals surface area contributed by atoms with E-state index in [0.717, 1.165) is 5.69 Å². The summed E-state index contributed by atoms with van der Waals surface area (Å²) in [5.41, 5.74) is 0.845. The van der Waals surface area contributed by atoms with Gasteiger partial charge in [0.05, 0.1) is 18.7 Å². The van der Waals surface area contributed by atoms with Gasteiger partial charge in [-0.15, -0.1) is 0 Å². The predicted octanol–water partition coefficient (Wildman–Crippen LogP) is 1.31. The van der Waals surface area contributed by atoms with Crippen LogP contribution in [0.15, 0.2) is 29.5 Å². The molecule has 2 rings (SSSR count). The van der Waals surface area contributed by atoms with Crippen LogP contribution in [0.3, 0.4) is 0 Å². The zero-order valence-corrected chi connectivity index (χ0v) is 5.11. The van der Waals surface area contributed by atoms with E-state index >= 15 is 0 Å². The second-order valence-electron chi connectivity index (χ2n) is 1.83. The molecule has 4 nitrogen and oxygen atoms in total. The Hall–Kier alpha value is -1.58. The van der Waals surface area contributed by atoms with E-state index in [9.17, 15) is 0 Å². The molecule has 2 heterocycles. The number of H-pyrrole nitrogens is 1. The lowest BCUT2D eigenvalue weighted by molar-refractivity contribution is 0.570. The van der Waals surface area contributed by atoms with E-state index in [-0.39, 0.29) is 1.43 Å². The second kappa shape index (κ2) is 1.98. The van der Waals surface area contributed by atoms with Crippen molar-refractivity contribution in [3.05, 3.63) is 25.1 Å². The van der Waals surface area contributed by atoms with Crippen molar-refractivity contribution in [1.29, 1.82) is 0 Å². The molecular formula is C6H7N3O. The van der Waals surface area contributed by atoms with Crippen LogP contribution in [0.25, 0.3) is 11.5 Å². The van der Waals surface area contributed by atoms with Gasteiger partial charge in [-0.3, -0.25) is 0 Å². The first-order valence-electron chi connectivity index (χ1n) is 2.84. The van der Waals surface area contributed by atoms with E-state index in [2.05, 4.69) is 15.0 Å². The molecule has 0 saturated heterocycles. The van der Waals surface area contributed by atoms with E-state index in [0.29, 0.717) is 5.76 Å². The maximum Gasteiger partial charge on any atom is 0.181 e. The molecule has 0 saturated carbocycles. The third-order valence-corrected chi connectivity index (χ3v) is 1.20. The van der Waals surface area contributed by atoms with Crippen LogP contribution < -0.4 is 0 Å². The standard InChI is InChI=1S/C6H5N3O.H2/c1-5(9-3-7-1)6-2-8-4-10-6;/h1-4H,(H,7,9);1H. The number of aromatic nitrogens is 3. The van der Waals surface area contributed by atoms with Crippen LogP contribution in [-0.4, -0.2) is 15.0 Å². The van der Waals surface area contributed by atoms with Gasteiger partial charge in [-0.2, -0.15) is 0 Å². The van der Waals surface area contributed by atoms with Crippen molar-refractivity contribution in [1.82, 2.24) is 15.0 Å². The quantitative estimate of drug-likeness (QED) is 0.644. The third kappa shape index (κ3) is 0.699. The molecule has 0 aromatic carbocycles. The topological polar surface area (TPSA) is 54.7 Å². The van der Waals surface area contributed by atoms with Gasteiger partial charge in [0.1, 0.15) is 5.69 Å². The SMILES string of the molecule is [HH].c1ncc(-c2cnco2)[nH]1. The van der Waals surface area contributed by atoms with E-state index in [4.69, 9.17) is 4.42 Å². The number of rotatable bonds is 1. The molecule has 0 atom stereocenters. The normalized spacial score (nSPS) is 10.0. The van der Waals surface area contributed by atoms with Crippen molar-refractivity contribution < 1.29 is 5.84 Å². The highest BCUT2D eigenvalue weighted by molar-refractivity contribution is 5.47. The van der Waals surface area contributed by atoms with Crippen LogP contribution in [0.2, 0.25) is 0 Å². The Morgan fingerprint density at radius 2 is 2.40 bits per heavy atom. The monoisotopic (exact) mass is 137 g/mol. The Morgan fingerprint density at radius 3 is 3.00 bits per heavy atom. The largest absolute Gasteiger partial charge is 0.442 e. The van der Waals surface area contributed by atoms with Crippen LogP contribution in [0, 0.1) is 0 Å². The van der Waals surface area contributed by atoms with Crippen LogP contribution in [0.1, 0.15) is 1.43 Å². The molecule has 4 heteroatoms. The first-order chi connectivity index (χ1) is 4.97. The highest BCUT2D eigenvalue weighted by atomic mass is 16.3. The molecule has 0 bridgehead atoms. The summed E-state index contributed by atoms with van der Waals surface area (Å²) < 4.78 is 5.00. The van der Waals surface area contributed by atoms with Crippen molar-refractivity contribution in [2.75, 3.05) is 0 Å². The van der Waals surface area contributed by atoms with Gasteiger partial charge in [0, 0.05) is 1.43 Å². The molecular weight excluding hydrogens is 130 g/mol. The van der Waals surface area contributed by atoms with Crippen LogP contribution >= 0.6 is 0 Å². The summed E-state index contributed by atoms with van der Waals surface area (Å²) in [6, 6.07) is 0. The summed E-state index contributed by atoms with van der Waals surface area (Å²) in [5, 5.41) is 0. The summed E-state index contributed by atoms with van der Waals surface area (Å²) in [7, 11) is 0. The fourth-order valence-corrected chi connectivity index (χ4v) is 0.739. The van der Waals surface area contributed by atoms with Gasteiger partial charge in [-0.1, -0.05) is 0 Å². The molecule has 0 aliphatic rings. The van der Waals surface area contributed by atoms with E-state index in [1.54, 1.807) is 18.7 Å². The molecule has 1 N–H and O–H groups in total. The summed E-state index contributed by atoms with van der Waals surface area (Å²) in [6.45, 7) is 0. The van der Waals surface area contributed by atoms with Crippen LogP contribution in [-0.2, 0) is 0 Å². The van der Waals surface area contributed by atoms with Gasteiger partial charge >= 0.3 is 0 Å². The Bertz CT molecular complexity index is 257. The second-order valence-corrected chi connectivity index (χ2v) is 1.83. The Morgan fingerprint density at radius 1 is 1.40 bits per heavy atom. The number of aromatic amines is 1. The van der Waals surface area contributed by atoms with Gasteiger partial charge < -0.3 is 9.40 Å². The number of nitrogens with zero attached hydrogens (tertiary/aromatic N) is 2. The zero-order chi connectivity index (χ0) is 6.81. The molecule has 0 amide bonds. The number of hydrogen-bond acceptors (Lipinski definition) is 3. The highest BCUT2D eigenvalue weighted by Crippen LogP contribution is 2.12. The van der Waals surface area contributed by atoms with E-state index < -0.39 is 0 Å². The van der Waals surface area contributed by atoms with Crippen LogP contribution in [0.4, 0.5) is 0 Å². The summed E-state index contributed by atoms with van der Waals surface area (Å²) in [5.74, 6) is 0.706. The third-order valence-electron chi connectivity index (χ3n) is 1.20. The van der Waals surface area contributed by atoms with Gasteiger partial charge in [-0.05, 0) is 0 Å². The average Bonchev–Trinajstić information content (AvgIpc) is 2.59. The Kier molecular flexibility index (Phi) is 1.04. The molecule has 0 spiro atoms. The molecule has 10 heavy (non-hydrogen) atoms. The van der Waals surface area contributed by atoms with Crippen molar-refractivity contribution in [3.63, 3.8) is 0 Å². The molecule has 0 radical (unpaired) electrons. The molecule has 2 aromatic heterocycles. The van der Waals surface area contributed by atoms with Gasteiger partial charge in [0.25, 0.3) is 0 Å². The highest BCUT2D eigenvalue weighted by Gasteiger charge is 1.99. The maximum absolute atomic E-state index is 5.00. The molecule has 52 valence electrons. The Balaban J connectivity index is 0.000000605. The number of oxazole rings is 1. The minimum absolute atomic E-state index is 0. The molecule has 0 unspecified atom stereocenters. The summed E-state index contributed by atoms with van der Waals surface area (Å²) in [6.07, 6.45) is 6.29. The summed E-state index contributed by atoms with van der Waals surface area (Å²) in [4.78, 5) is 10.5.